The van der Waals surface area contributed by atoms with Crippen LogP contribution in [-0.2, 0) is 4.79 Å². The number of para-hydroxylation sites is 1. The van der Waals surface area contributed by atoms with E-state index in [4.69, 9.17) is 5.73 Å². The van der Waals surface area contributed by atoms with Gasteiger partial charge in [-0.3, -0.25) is 4.79 Å². The molecule has 1 aromatic carbocycles. The molecule has 0 bridgehead atoms. The molecule has 0 aromatic heterocycles. The molecule has 1 unspecified atom stereocenters. The first-order chi connectivity index (χ1) is 8.95. The number of hydrogen-bond donors (Lipinski definition) is 1. The minimum absolute atomic E-state index is 0.0961. The summed E-state index contributed by atoms with van der Waals surface area (Å²) in [6, 6.07) is 6.29. The fourth-order valence-electron chi connectivity index (χ4n) is 2.17. The van der Waals surface area contributed by atoms with Gasteiger partial charge in [-0.25, -0.2) is 4.39 Å². The number of carbonyl (C=O) groups is 1. The topological polar surface area (TPSA) is 46.3 Å². The van der Waals surface area contributed by atoms with E-state index in [9.17, 15) is 9.18 Å². The quantitative estimate of drug-likeness (QED) is 0.860. The summed E-state index contributed by atoms with van der Waals surface area (Å²) in [7, 11) is 1.60. The van der Waals surface area contributed by atoms with Crippen LogP contribution in [-0.4, -0.2) is 19.5 Å². The lowest BCUT2D eigenvalue weighted by Gasteiger charge is -2.22. The van der Waals surface area contributed by atoms with Crippen molar-refractivity contribution in [3.05, 3.63) is 30.1 Å². The van der Waals surface area contributed by atoms with E-state index in [1.54, 1.807) is 25.2 Å². The second kappa shape index (κ2) is 7.24. The first kappa shape index (κ1) is 15.6. The summed E-state index contributed by atoms with van der Waals surface area (Å²) in [6.45, 7) is 4.69. The Labute approximate surface area is 114 Å². The van der Waals surface area contributed by atoms with Crippen molar-refractivity contribution in [2.45, 2.75) is 26.7 Å². The van der Waals surface area contributed by atoms with E-state index in [-0.39, 0.29) is 17.6 Å². The van der Waals surface area contributed by atoms with Crippen molar-refractivity contribution in [2.75, 3.05) is 18.5 Å². The third-order valence-corrected chi connectivity index (χ3v) is 3.19. The zero-order valence-electron chi connectivity index (χ0n) is 11.9. The van der Waals surface area contributed by atoms with Gasteiger partial charge < -0.3 is 10.6 Å². The number of hydrogen-bond acceptors (Lipinski definition) is 2. The van der Waals surface area contributed by atoms with Gasteiger partial charge in [-0.2, -0.15) is 0 Å². The van der Waals surface area contributed by atoms with Crippen molar-refractivity contribution in [1.29, 1.82) is 0 Å². The van der Waals surface area contributed by atoms with Crippen LogP contribution in [0.3, 0.4) is 0 Å². The lowest BCUT2D eigenvalue weighted by atomic mass is 9.94. The van der Waals surface area contributed by atoms with Gasteiger partial charge in [0.15, 0.2) is 0 Å². The third-order valence-electron chi connectivity index (χ3n) is 3.19. The van der Waals surface area contributed by atoms with E-state index in [1.807, 2.05) is 0 Å². The molecule has 3 nitrogen and oxygen atoms in total. The van der Waals surface area contributed by atoms with Crippen molar-refractivity contribution in [3.8, 4) is 0 Å². The van der Waals surface area contributed by atoms with Crippen molar-refractivity contribution in [3.63, 3.8) is 0 Å². The van der Waals surface area contributed by atoms with Crippen molar-refractivity contribution >= 4 is 11.6 Å². The average Bonchev–Trinajstić information content (AvgIpc) is 2.37. The van der Waals surface area contributed by atoms with Crippen LogP contribution in [0.1, 0.15) is 26.7 Å². The van der Waals surface area contributed by atoms with E-state index in [2.05, 4.69) is 13.8 Å². The van der Waals surface area contributed by atoms with E-state index in [1.165, 1.54) is 11.0 Å². The van der Waals surface area contributed by atoms with Gasteiger partial charge in [-0.1, -0.05) is 26.0 Å². The molecule has 1 aromatic rings. The molecule has 2 N–H and O–H groups in total. The van der Waals surface area contributed by atoms with Crippen LogP contribution in [0.4, 0.5) is 10.1 Å². The van der Waals surface area contributed by atoms with Crippen LogP contribution in [0, 0.1) is 17.7 Å². The van der Waals surface area contributed by atoms with Crippen molar-refractivity contribution < 1.29 is 9.18 Å². The summed E-state index contributed by atoms with van der Waals surface area (Å²) in [5.41, 5.74) is 6.01. The molecule has 0 aliphatic carbocycles. The Hall–Kier alpha value is -1.42. The number of rotatable bonds is 6. The predicted molar refractivity (Wildman–Crippen MR) is 76.4 cm³/mol. The van der Waals surface area contributed by atoms with Crippen molar-refractivity contribution in [1.82, 2.24) is 0 Å². The number of nitrogens with two attached hydrogens (primary N) is 1. The highest BCUT2D eigenvalue weighted by Gasteiger charge is 2.19. The van der Waals surface area contributed by atoms with Gasteiger partial charge in [-0.15, -0.1) is 0 Å². The average molecular weight is 266 g/mol. The number of carbonyl (C=O) groups excluding carboxylic acids is 1. The molecule has 0 radical (unpaired) electrons. The molecule has 0 aliphatic rings. The number of halogens is 1. The SMILES string of the molecule is CC(C)CC(CN)CC(=O)N(C)c1ccccc1F. The van der Waals surface area contributed by atoms with Gasteiger partial charge in [0.25, 0.3) is 0 Å². The summed E-state index contributed by atoms with van der Waals surface area (Å²) in [6.07, 6.45) is 1.27. The maximum Gasteiger partial charge on any atom is 0.227 e. The Morgan fingerprint density at radius 2 is 2.00 bits per heavy atom. The normalized spacial score (nSPS) is 12.5. The van der Waals surface area contributed by atoms with Crippen LogP contribution in [0.25, 0.3) is 0 Å². The maximum atomic E-state index is 13.6. The van der Waals surface area contributed by atoms with Crippen molar-refractivity contribution in [2.24, 2.45) is 17.6 Å². The second-order valence-electron chi connectivity index (χ2n) is 5.34. The number of nitrogens with zero attached hydrogens (tertiary/aromatic N) is 1. The maximum absolute atomic E-state index is 13.6. The van der Waals surface area contributed by atoms with Gasteiger partial charge in [0, 0.05) is 13.5 Å². The standard InChI is InChI=1S/C15H23FN2O/c1-11(2)8-12(10-17)9-15(19)18(3)14-7-5-4-6-13(14)16/h4-7,11-12H,8-10,17H2,1-3H3. The molecule has 0 spiro atoms. The fourth-order valence-corrected chi connectivity index (χ4v) is 2.17. The molecule has 0 saturated carbocycles. The van der Waals surface area contributed by atoms with Gasteiger partial charge in [0.1, 0.15) is 5.82 Å². The fraction of sp³-hybridized carbons (Fsp3) is 0.533. The Morgan fingerprint density at radius 1 is 1.37 bits per heavy atom. The molecule has 19 heavy (non-hydrogen) atoms. The molecule has 1 atom stereocenters. The van der Waals surface area contributed by atoms with Crippen LogP contribution >= 0.6 is 0 Å². The molecule has 0 heterocycles. The highest BCUT2D eigenvalue weighted by Crippen LogP contribution is 2.21. The van der Waals surface area contributed by atoms with E-state index < -0.39 is 0 Å². The summed E-state index contributed by atoms with van der Waals surface area (Å²) in [5.74, 6) is 0.176. The molecular formula is C15H23FN2O. The van der Waals surface area contributed by atoms with Gasteiger partial charge in [0.2, 0.25) is 5.91 Å². The minimum Gasteiger partial charge on any atom is -0.330 e. The van der Waals surface area contributed by atoms with E-state index in [0.29, 0.717) is 24.6 Å². The Balaban J connectivity index is 2.69. The zero-order valence-corrected chi connectivity index (χ0v) is 11.9. The Morgan fingerprint density at radius 3 is 2.53 bits per heavy atom. The molecule has 0 saturated heterocycles. The molecule has 0 fully saturated rings. The molecule has 0 aliphatic heterocycles. The van der Waals surface area contributed by atoms with Crippen LogP contribution in [0.5, 0.6) is 0 Å². The van der Waals surface area contributed by atoms with Gasteiger partial charge in [0.05, 0.1) is 5.69 Å². The van der Waals surface area contributed by atoms with E-state index >= 15 is 0 Å². The summed E-state index contributed by atoms with van der Waals surface area (Å²) in [5, 5.41) is 0. The molecule has 1 rings (SSSR count). The molecule has 1 amide bonds. The Bertz CT molecular complexity index is 420. The lowest BCUT2D eigenvalue weighted by Crippen LogP contribution is -2.31. The van der Waals surface area contributed by atoms with Crippen LogP contribution in [0.15, 0.2) is 24.3 Å². The summed E-state index contributed by atoms with van der Waals surface area (Å²) >= 11 is 0. The first-order valence-electron chi connectivity index (χ1n) is 6.66. The number of amides is 1. The number of benzene rings is 1. The minimum atomic E-state index is -0.383. The third kappa shape index (κ3) is 4.63. The predicted octanol–water partition coefficient (Wildman–Crippen LogP) is 2.80. The second-order valence-corrected chi connectivity index (χ2v) is 5.34. The van der Waals surface area contributed by atoms with Crippen LogP contribution in [0.2, 0.25) is 0 Å². The lowest BCUT2D eigenvalue weighted by molar-refractivity contribution is -0.119. The Kier molecular flexibility index (Phi) is 5.96. The monoisotopic (exact) mass is 266 g/mol. The van der Waals surface area contributed by atoms with E-state index in [0.717, 1.165) is 6.42 Å². The summed E-state index contributed by atoms with van der Waals surface area (Å²) in [4.78, 5) is 13.5. The smallest absolute Gasteiger partial charge is 0.227 e. The molecule has 106 valence electrons. The molecule has 4 heteroatoms. The highest BCUT2D eigenvalue weighted by atomic mass is 19.1. The zero-order chi connectivity index (χ0) is 14.4. The molecular weight excluding hydrogens is 243 g/mol. The summed E-state index contributed by atoms with van der Waals surface area (Å²) < 4.78 is 13.6. The van der Waals surface area contributed by atoms with Gasteiger partial charge >= 0.3 is 0 Å². The highest BCUT2D eigenvalue weighted by molar-refractivity contribution is 5.93. The first-order valence-corrected chi connectivity index (χ1v) is 6.66. The number of anilines is 1. The van der Waals surface area contributed by atoms with Gasteiger partial charge in [-0.05, 0) is 36.9 Å². The largest absolute Gasteiger partial charge is 0.330 e. The van der Waals surface area contributed by atoms with Crippen LogP contribution < -0.4 is 10.6 Å².